The highest BCUT2D eigenvalue weighted by molar-refractivity contribution is 6.30. The van der Waals surface area contributed by atoms with Gasteiger partial charge in [0.15, 0.2) is 5.84 Å². The van der Waals surface area contributed by atoms with E-state index < -0.39 is 5.92 Å². The Hall–Kier alpha value is -2.46. The predicted molar refractivity (Wildman–Crippen MR) is 94.1 cm³/mol. The molecule has 2 heterocycles. The van der Waals surface area contributed by atoms with Crippen LogP contribution in [-0.2, 0) is 17.6 Å². The number of nitrogens with zero attached hydrogens (tertiary/aromatic N) is 2. The van der Waals surface area contributed by atoms with Gasteiger partial charge < -0.3 is 4.74 Å². The molecule has 0 fully saturated rings. The van der Waals surface area contributed by atoms with E-state index in [0.29, 0.717) is 28.9 Å². The molecule has 2 aliphatic rings. The second kappa shape index (κ2) is 5.87. The van der Waals surface area contributed by atoms with E-state index in [4.69, 9.17) is 16.3 Å². The van der Waals surface area contributed by atoms with Crippen LogP contribution in [0.2, 0.25) is 5.02 Å². The van der Waals surface area contributed by atoms with Gasteiger partial charge in [0.2, 0.25) is 5.90 Å². The molecule has 24 heavy (non-hydrogen) atoms. The Balaban J connectivity index is 1.69. The Bertz CT molecular complexity index is 885. The number of hydrogen-bond acceptors (Lipinski definition) is 3. The summed E-state index contributed by atoms with van der Waals surface area (Å²) in [5.74, 6) is 0.838. The van der Waals surface area contributed by atoms with E-state index in [-0.39, 0.29) is 5.91 Å². The fraction of sp³-hybridized carbons (Fsp3) is 0.211. The van der Waals surface area contributed by atoms with Crippen LogP contribution >= 0.6 is 11.6 Å². The summed E-state index contributed by atoms with van der Waals surface area (Å²) in [5.41, 5.74) is 2.95. The smallest absolute Gasteiger partial charge is 0.260 e. The molecule has 2 aliphatic heterocycles. The highest BCUT2D eigenvalue weighted by Gasteiger charge is 2.35. The van der Waals surface area contributed by atoms with Crippen LogP contribution in [0.3, 0.4) is 0 Å². The van der Waals surface area contributed by atoms with Gasteiger partial charge in [-0.25, -0.2) is 0 Å². The van der Waals surface area contributed by atoms with Crippen LogP contribution in [0.5, 0.6) is 5.75 Å². The number of carbonyl (C=O) groups excluding carboxylic acids is 1. The topological polar surface area (TPSA) is 51.0 Å². The van der Waals surface area contributed by atoms with Crippen molar-refractivity contribution < 1.29 is 9.53 Å². The molecule has 5 heteroatoms. The van der Waals surface area contributed by atoms with E-state index in [9.17, 15) is 4.79 Å². The molecule has 120 valence electrons. The fourth-order valence-electron chi connectivity index (χ4n) is 2.92. The number of hydrogen-bond donors (Lipinski definition) is 0. The van der Waals surface area contributed by atoms with Gasteiger partial charge in [0.1, 0.15) is 11.7 Å². The van der Waals surface area contributed by atoms with Crippen molar-refractivity contribution in [1.29, 1.82) is 0 Å². The molecule has 0 aliphatic carbocycles. The molecule has 0 radical (unpaired) electrons. The first-order valence-electron chi connectivity index (χ1n) is 7.90. The summed E-state index contributed by atoms with van der Waals surface area (Å²) < 4.78 is 5.85. The summed E-state index contributed by atoms with van der Waals surface area (Å²) >= 11 is 6.02. The predicted octanol–water partition coefficient (Wildman–Crippen LogP) is 3.84. The van der Waals surface area contributed by atoms with Crippen molar-refractivity contribution in [3.05, 3.63) is 64.2 Å². The van der Waals surface area contributed by atoms with E-state index in [1.165, 1.54) is 5.56 Å². The van der Waals surface area contributed by atoms with Crippen LogP contribution in [0.15, 0.2) is 52.4 Å². The molecule has 0 bridgehead atoms. The summed E-state index contributed by atoms with van der Waals surface area (Å²) in [6, 6.07) is 13.3. The number of fused-ring (bicyclic) bond motifs is 2. The van der Waals surface area contributed by atoms with E-state index >= 15 is 0 Å². The molecule has 0 spiro atoms. The Kier molecular flexibility index (Phi) is 3.69. The number of carbonyl (C=O) groups is 1. The number of halogens is 1. The van der Waals surface area contributed by atoms with Gasteiger partial charge in [-0.1, -0.05) is 42.8 Å². The molecule has 0 N–H and O–H groups in total. The monoisotopic (exact) mass is 338 g/mol. The summed E-state index contributed by atoms with van der Waals surface area (Å²) in [5, 5.41) is 0.626. The standard InChI is InChI=1S/C19H15ClN2O2/c1-2-11-3-5-12(6-4-11)17-21-18(23)15-10-13-9-14(20)7-8-16(13)24-19(15)22-17/h3-9,15H,2,10H2,1H3. The van der Waals surface area contributed by atoms with Gasteiger partial charge in [-0.3, -0.25) is 4.79 Å². The molecule has 2 aromatic rings. The van der Waals surface area contributed by atoms with Crippen LogP contribution in [0.1, 0.15) is 23.6 Å². The first-order valence-corrected chi connectivity index (χ1v) is 8.28. The first-order chi connectivity index (χ1) is 11.6. The van der Waals surface area contributed by atoms with Gasteiger partial charge in [0, 0.05) is 10.6 Å². The summed E-state index contributed by atoms with van der Waals surface area (Å²) in [6.45, 7) is 2.10. The second-order valence-corrected chi connectivity index (χ2v) is 6.32. The molecule has 0 aromatic heterocycles. The molecule has 0 saturated heterocycles. The number of amides is 1. The Morgan fingerprint density at radius 1 is 1.17 bits per heavy atom. The maximum Gasteiger partial charge on any atom is 0.260 e. The molecule has 0 saturated carbocycles. The minimum Gasteiger partial charge on any atom is -0.442 e. The molecule has 1 atom stereocenters. The zero-order chi connectivity index (χ0) is 16.7. The molecule has 2 aromatic carbocycles. The normalized spacial score (nSPS) is 18.9. The van der Waals surface area contributed by atoms with Crippen molar-refractivity contribution in [3.63, 3.8) is 0 Å². The van der Waals surface area contributed by atoms with Gasteiger partial charge >= 0.3 is 0 Å². The lowest BCUT2D eigenvalue weighted by Gasteiger charge is -2.27. The van der Waals surface area contributed by atoms with Gasteiger partial charge in [-0.05, 0) is 42.2 Å². The highest BCUT2D eigenvalue weighted by atomic mass is 35.5. The minimum absolute atomic E-state index is 0.222. The van der Waals surface area contributed by atoms with Gasteiger partial charge in [-0.15, -0.1) is 0 Å². The number of ether oxygens (including phenoxy) is 1. The van der Waals surface area contributed by atoms with Crippen LogP contribution in [0, 0.1) is 5.92 Å². The van der Waals surface area contributed by atoms with E-state index in [0.717, 1.165) is 17.5 Å². The van der Waals surface area contributed by atoms with E-state index in [2.05, 4.69) is 16.9 Å². The zero-order valence-electron chi connectivity index (χ0n) is 13.1. The molecular weight excluding hydrogens is 324 g/mol. The number of rotatable bonds is 2. The molecular formula is C19H15ClN2O2. The number of benzene rings is 2. The van der Waals surface area contributed by atoms with Gasteiger partial charge in [0.25, 0.3) is 5.91 Å². The Morgan fingerprint density at radius 2 is 1.96 bits per heavy atom. The second-order valence-electron chi connectivity index (χ2n) is 5.88. The average Bonchev–Trinajstić information content (AvgIpc) is 2.60. The fourth-order valence-corrected chi connectivity index (χ4v) is 3.12. The van der Waals surface area contributed by atoms with Crippen LogP contribution in [0.4, 0.5) is 0 Å². The molecule has 1 unspecified atom stereocenters. The molecule has 1 amide bonds. The SMILES string of the molecule is CCc1ccc(C2=NC(=O)C3Cc4cc(Cl)ccc4OC3=N2)cc1. The number of aliphatic imine (C=N–C) groups is 2. The minimum atomic E-state index is -0.463. The van der Waals surface area contributed by atoms with Crippen LogP contribution in [0.25, 0.3) is 0 Å². The summed E-state index contributed by atoms with van der Waals surface area (Å²) in [6.07, 6.45) is 1.48. The molecule has 4 rings (SSSR count). The maximum absolute atomic E-state index is 12.4. The third-order valence-corrected chi connectivity index (χ3v) is 4.54. The van der Waals surface area contributed by atoms with E-state index in [1.807, 2.05) is 36.4 Å². The average molecular weight is 339 g/mol. The number of aryl methyl sites for hydroxylation is 1. The lowest BCUT2D eigenvalue weighted by Crippen LogP contribution is -2.37. The van der Waals surface area contributed by atoms with Crippen molar-refractivity contribution in [1.82, 2.24) is 0 Å². The third kappa shape index (κ3) is 2.63. The third-order valence-electron chi connectivity index (χ3n) is 4.31. The Labute approximate surface area is 144 Å². The quantitative estimate of drug-likeness (QED) is 0.835. The zero-order valence-corrected chi connectivity index (χ0v) is 13.9. The van der Waals surface area contributed by atoms with Crippen molar-refractivity contribution in [2.75, 3.05) is 0 Å². The van der Waals surface area contributed by atoms with Crippen molar-refractivity contribution in [2.45, 2.75) is 19.8 Å². The largest absolute Gasteiger partial charge is 0.442 e. The van der Waals surface area contributed by atoms with Crippen LogP contribution < -0.4 is 4.74 Å². The lowest BCUT2D eigenvalue weighted by molar-refractivity contribution is -0.120. The lowest BCUT2D eigenvalue weighted by atomic mass is 9.94. The first kappa shape index (κ1) is 15.1. The van der Waals surface area contributed by atoms with Crippen molar-refractivity contribution >= 4 is 29.2 Å². The van der Waals surface area contributed by atoms with Crippen molar-refractivity contribution in [2.24, 2.45) is 15.9 Å². The van der Waals surface area contributed by atoms with Gasteiger partial charge in [-0.2, -0.15) is 9.98 Å². The maximum atomic E-state index is 12.4. The van der Waals surface area contributed by atoms with E-state index in [1.54, 1.807) is 6.07 Å². The van der Waals surface area contributed by atoms with Crippen molar-refractivity contribution in [3.8, 4) is 5.75 Å². The van der Waals surface area contributed by atoms with Crippen LogP contribution in [-0.4, -0.2) is 17.6 Å². The highest BCUT2D eigenvalue weighted by Crippen LogP contribution is 2.33. The summed E-state index contributed by atoms with van der Waals surface area (Å²) in [7, 11) is 0. The summed E-state index contributed by atoms with van der Waals surface area (Å²) in [4.78, 5) is 21.1. The Morgan fingerprint density at radius 3 is 2.71 bits per heavy atom. The number of amidine groups is 1. The molecule has 4 nitrogen and oxygen atoms in total. The van der Waals surface area contributed by atoms with Gasteiger partial charge in [0.05, 0.1) is 0 Å².